The highest BCUT2D eigenvalue weighted by Gasteiger charge is 2.32. The van der Waals surface area contributed by atoms with Crippen LogP contribution in [0.25, 0.3) is 0 Å². The molecule has 2 saturated heterocycles. The summed E-state index contributed by atoms with van der Waals surface area (Å²) in [5.74, 6) is 0.568. The molecule has 2 aromatic heterocycles. The third-order valence-electron chi connectivity index (χ3n) is 5.06. The molecule has 4 rings (SSSR count). The predicted octanol–water partition coefficient (Wildman–Crippen LogP) is 2.19. The van der Waals surface area contributed by atoms with E-state index in [4.69, 9.17) is 9.26 Å². The molecule has 1 amide bonds. The van der Waals surface area contributed by atoms with Gasteiger partial charge < -0.3 is 14.2 Å². The lowest BCUT2D eigenvalue weighted by Gasteiger charge is -2.27. The van der Waals surface area contributed by atoms with Crippen LogP contribution < -0.4 is 0 Å². The van der Waals surface area contributed by atoms with Crippen molar-refractivity contribution in [1.82, 2.24) is 19.9 Å². The van der Waals surface area contributed by atoms with Crippen LogP contribution in [0.4, 0.5) is 0 Å². The molecule has 0 aliphatic carbocycles. The molecule has 0 saturated carbocycles. The molecule has 0 spiro atoms. The molecule has 2 aromatic rings. The Balaban J connectivity index is 1.44. The van der Waals surface area contributed by atoms with Gasteiger partial charge in [0, 0.05) is 38.4 Å². The van der Waals surface area contributed by atoms with Crippen LogP contribution in [0.15, 0.2) is 28.9 Å². The van der Waals surface area contributed by atoms with E-state index in [-0.39, 0.29) is 11.9 Å². The Hall–Kier alpha value is -2.25. The number of hydrogen-bond donors (Lipinski definition) is 0. The predicted molar refractivity (Wildman–Crippen MR) is 94.6 cm³/mol. The second-order valence-corrected chi connectivity index (χ2v) is 6.96. The lowest BCUT2D eigenvalue weighted by molar-refractivity contribution is 0.0341. The number of pyridine rings is 1. The van der Waals surface area contributed by atoms with Crippen molar-refractivity contribution < 1.29 is 14.1 Å². The highest BCUT2D eigenvalue weighted by molar-refractivity contribution is 5.92. The molecule has 2 aliphatic rings. The van der Waals surface area contributed by atoms with Gasteiger partial charge in [-0.3, -0.25) is 14.7 Å². The van der Waals surface area contributed by atoms with Crippen molar-refractivity contribution in [3.8, 4) is 0 Å². The van der Waals surface area contributed by atoms with Crippen LogP contribution in [-0.4, -0.2) is 58.7 Å². The molecule has 7 nitrogen and oxygen atoms in total. The quantitative estimate of drug-likeness (QED) is 0.836. The number of amides is 1. The number of ether oxygens (including phenoxy) is 1. The van der Waals surface area contributed by atoms with Crippen molar-refractivity contribution >= 4 is 5.91 Å². The molecule has 0 bridgehead atoms. The Labute approximate surface area is 152 Å². The van der Waals surface area contributed by atoms with Gasteiger partial charge in [-0.05, 0) is 31.4 Å². The van der Waals surface area contributed by atoms with E-state index >= 15 is 0 Å². The summed E-state index contributed by atoms with van der Waals surface area (Å²) in [5, 5.41) is 3.87. The molecule has 0 N–H and O–H groups in total. The van der Waals surface area contributed by atoms with Gasteiger partial charge in [-0.15, -0.1) is 0 Å². The number of carbonyl (C=O) groups is 1. The Bertz CT molecular complexity index is 752. The van der Waals surface area contributed by atoms with E-state index < -0.39 is 0 Å². The van der Waals surface area contributed by atoms with Gasteiger partial charge in [-0.2, -0.15) is 0 Å². The van der Waals surface area contributed by atoms with Crippen molar-refractivity contribution in [3.63, 3.8) is 0 Å². The number of carbonyl (C=O) groups excluding carboxylic acids is 1. The minimum absolute atomic E-state index is 0.0111. The number of nitrogens with zero attached hydrogens (tertiary/aromatic N) is 4. The summed E-state index contributed by atoms with van der Waals surface area (Å²) in [6, 6.07) is 5.88. The van der Waals surface area contributed by atoms with Crippen LogP contribution in [-0.2, 0) is 11.3 Å². The lowest BCUT2D eigenvalue weighted by Crippen LogP contribution is -2.35. The first-order chi connectivity index (χ1) is 12.7. The highest BCUT2D eigenvalue weighted by atomic mass is 16.5. The third kappa shape index (κ3) is 3.64. The maximum absolute atomic E-state index is 12.7. The van der Waals surface area contributed by atoms with Crippen LogP contribution in [0.3, 0.4) is 0 Å². The molecule has 0 aromatic carbocycles. The van der Waals surface area contributed by atoms with Crippen LogP contribution in [0.5, 0.6) is 0 Å². The van der Waals surface area contributed by atoms with Gasteiger partial charge in [0.15, 0.2) is 5.69 Å². The second kappa shape index (κ2) is 7.55. The van der Waals surface area contributed by atoms with Gasteiger partial charge in [0.25, 0.3) is 5.91 Å². The van der Waals surface area contributed by atoms with Crippen LogP contribution in [0, 0.1) is 6.92 Å². The number of rotatable bonds is 4. The summed E-state index contributed by atoms with van der Waals surface area (Å²) in [7, 11) is 0. The van der Waals surface area contributed by atoms with Gasteiger partial charge in [-0.25, -0.2) is 0 Å². The van der Waals surface area contributed by atoms with E-state index in [1.807, 2.05) is 11.1 Å². The first-order valence-electron chi connectivity index (χ1n) is 9.20. The average molecular weight is 356 g/mol. The monoisotopic (exact) mass is 356 g/mol. The van der Waals surface area contributed by atoms with E-state index in [0.29, 0.717) is 11.5 Å². The molecule has 2 aliphatic heterocycles. The average Bonchev–Trinajstić information content (AvgIpc) is 3.32. The van der Waals surface area contributed by atoms with Crippen molar-refractivity contribution in [2.45, 2.75) is 32.4 Å². The third-order valence-corrected chi connectivity index (χ3v) is 5.06. The number of hydrogen-bond acceptors (Lipinski definition) is 6. The van der Waals surface area contributed by atoms with E-state index in [2.05, 4.69) is 27.2 Å². The minimum Gasteiger partial charge on any atom is -0.379 e. The zero-order chi connectivity index (χ0) is 17.9. The van der Waals surface area contributed by atoms with Gasteiger partial charge in [-0.1, -0.05) is 11.2 Å². The van der Waals surface area contributed by atoms with Gasteiger partial charge in [0.1, 0.15) is 5.76 Å². The van der Waals surface area contributed by atoms with Gasteiger partial charge in [0.2, 0.25) is 0 Å². The first-order valence-corrected chi connectivity index (χ1v) is 9.20. The molecular formula is C19H24N4O3. The SMILES string of the molecule is Cc1cc(C(=O)N2CCC[C@@H]2c2ccc(CN3CCOCC3)cn2)no1. The van der Waals surface area contributed by atoms with Crippen molar-refractivity contribution in [1.29, 1.82) is 0 Å². The number of aryl methyl sites for hydroxylation is 1. The van der Waals surface area contributed by atoms with Crippen LogP contribution in [0.1, 0.15) is 46.4 Å². The highest BCUT2D eigenvalue weighted by Crippen LogP contribution is 2.32. The molecule has 26 heavy (non-hydrogen) atoms. The normalized spacial score (nSPS) is 21.3. The zero-order valence-corrected chi connectivity index (χ0v) is 15.1. The molecule has 2 fully saturated rings. The summed E-state index contributed by atoms with van der Waals surface area (Å²) in [5.41, 5.74) is 2.51. The molecule has 138 valence electrons. The van der Waals surface area contributed by atoms with Crippen LogP contribution in [0.2, 0.25) is 0 Å². The number of morpholine rings is 1. The minimum atomic E-state index is -0.0801. The van der Waals surface area contributed by atoms with E-state index in [0.717, 1.165) is 57.9 Å². The second-order valence-electron chi connectivity index (χ2n) is 6.96. The summed E-state index contributed by atoms with van der Waals surface area (Å²) in [4.78, 5) is 21.6. The molecular weight excluding hydrogens is 332 g/mol. The number of aromatic nitrogens is 2. The van der Waals surface area contributed by atoms with Crippen molar-refractivity contribution in [2.24, 2.45) is 0 Å². The maximum atomic E-state index is 12.7. The molecule has 7 heteroatoms. The van der Waals surface area contributed by atoms with Crippen LogP contribution >= 0.6 is 0 Å². The fraction of sp³-hybridized carbons (Fsp3) is 0.526. The largest absolute Gasteiger partial charge is 0.379 e. The smallest absolute Gasteiger partial charge is 0.276 e. The molecule has 1 atom stereocenters. The topological polar surface area (TPSA) is 71.7 Å². The summed E-state index contributed by atoms with van der Waals surface area (Å²) in [6.07, 6.45) is 3.84. The maximum Gasteiger partial charge on any atom is 0.276 e. The summed E-state index contributed by atoms with van der Waals surface area (Å²) in [6.45, 7) is 6.93. The van der Waals surface area contributed by atoms with E-state index in [1.54, 1.807) is 13.0 Å². The molecule has 0 radical (unpaired) electrons. The standard InChI is InChI=1S/C19H24N4O3/c1-14-11-17(21-26-14)19(24)23-6-2-3-18(23)16-5-4-15(12-20-16)13-22-7-9-25-10-8-22/h4-5,11-12,18H,2-3,6-10,13H2,1H3/t18-/m1/s1. The van der Waals surface area contributed by atoms with Crippen molar-refractivity contribution in [3.05, 3.63) is 47.1 Å². The van der Waals surface area contributed by atoms with Gasteiger partial charge in [0.05, 0.1) is 24.9 Å². The Morgan fingerprint density at radius 3 is 2.81 bits per heavy atom. The fourth-order valence-electron chi connectivity index (χ4n) is 3.68. The van der Waals surface area contributed by atoms with Crippen molar-refractivity contribution in [2.75, 3.05) is 32.8 Å². The van der Waals surface area contributed by atoms with Gasteiger partial charge >= 0.3 is 0 Å². The summed E-state index contributed by atoms with van der Waals surface area (Å²) < 4.78 is 10.4. The first kappa shape index (κ1) is 17.2. The molecule has 0 unspecified atom stereocenters. The molecule has 4 heterocycles. The number of likely N-dealkylation sites (tertiary alicyclic amines) is 1. The fourth-order valence-corrected chi connectivity index (χ4v) is 3.68. The van der Waals surface area contributed by atoms with E-state index in [9.17, 15) is 4.79 Å². The lowest BCUT2D eigenvalue weighted by atomic mass is 10.1. The Morgan fingerprint density at radius 1 is 1.27 bits per heavy atom. The Morgan fingerprint density at radius 2 is 2.12 bits per heavy atom. The van der Waals surface area contributed by atoms with E-state index in [1.165, 1.54) is 5.56 Å². The zero-order valence-electron chi connectivity index (χ0n) is 15.1. The Kier molecular flexibility index (Phi) is 4.99. The summed E-state index contributed by atoms with van der Waals surface area (Å²) >= 11 is 0.